The van der Waals surface area contributed by atoms with Crippen molar-refractivity contribution in [3.8, 4) is 5.69 Å². The molecule has 112 valence electrons. The molecule has 7 heteroatoms. The molecular formula is C14H17FIN5. The van der Waals surface area contributed by atoms with Crippen LogP contribution >= 0.6 is 24.0 Å². The van der Waals surface area contributed by atoms with Crippen LogP contribution < -0.4 is 10.6 Å². The molecule has 0 atom stereocenters. The standard InChI is InChI=1S/C14H16FN5.HI/c15-11-2-4-13(5-3-11)20-9-6-12(19-20)10-18-14-16-7-1-8-17-14;/h2-6,9H,1,7-8,10H2,(H2,16,17,18);1H. The Bertz CT molecular complexity index is 608. The van der Waals surface area contributed by atoms with Crippen LogP contribution in [0.2, 0.25) is 0 Å². The van der Waals surface area contributed by atoms with Gasteiger partial charge in [0, 0.05) is 19.3 Å². The van der Waals surface area contributed by atoms with Crippen LogP contribution in [0, 0.1) is 5.82 Å². The summed E-state index contributed by atoms with van der Waals surface area (Å²) in [6, 6.07) is 8.18. The summed E-state index contributed by atoms with van der Waals surface area (Å²) in [5, 5.41) is 10.9. The summed E-state index contributed by atoms with van der Waals surface area (Å²) < 4.78 is 14.6. The Kier molecular flexibility index (Phi) is 5.54. The zero-order valence-corrected chi connectivity index (χ0v) is 13.8. The van der Waals surface area contributed by atoms with Crippen molar-refractivity contribution in [2.75, 3.05) is 13.1 Å². The third-order valence-corrected chi connectivity index (χ3v) is 3.07. The van der Waals surface area contributed by atoms with E-state index in [-0.39, 0.29) is 29.8 Å². The van der Waals surface area contributed by atoms with Crippen molar-refractivity contribution in [1.82, 2.24) is 20.4 Å². The maximum absolute atomic E-state index is 12.9. The number of benzene rings is 1. The van der Waals surface area contributed by atoms with Crippen LogP contribution in [0.25, 0.3) is 5.69 Å². The number of rotatable bonds is 3. The van der Waals surface area contributed by atoms with Gasteiger partial charge in [0.15, 0.2) is 5.96 Å². The summed E-state index contributed by atoms with van der Waals surface area (Å²) in [6.45, 7) is 2.43. The minimum Gasteiger partial charge on any atom is -0.356 e. The number of nitrogens with one attached hydrogen (secondary N) is 2. The smallest absolute Gasteiger partial charge is 0.191 e. The lowest BCUT2D eigenvalue weighted by Gasteiger charge is -2.15. The van der Waals surface area contributed by atoms with E-state index >= 15 is 0 Å². The minimum absolute atomic E-state index is 0. The highest BCUT2D eigenvalue weighted by molar-refractivity contribution is 14.0. The van der Waals surface area contributed by atoms with Crippen LogP contribution in [0.5, 0.6) is 0 Å². The predicted octanol–water partition coefficient (Wildman–Crippen LogP) is 2.07. The molecule has 0 spiro atoms. The second-order valence-electron chi connectivity index (χ2n) is 4.59. The van der Waals surface area contributed by atoms with E-state index in [1.165, 1.54) is 12.1 Å². The highest BCUT2D eigenvalue weighted by atomic mass is 127. The average molecular weight is 401 g/mol. The second kappa shape index (κ2) is 7.39. The summed E-state index contributed by atoms with van der Waals surface area (Å²) in [7, 11) is 0. The highest BCUT2D eigenvalue weighted by Crippen LogP contribution is 2.08. The summed E-state index contributed by atoms with van der Waals surface area (Å²) in [4.78, 5) is 4.34. The Balaban J connectivity index is 0.00000161. The molecule has 1 aromatic heterocycles. The van der Waals surface area contributed by atoms with Gasteiger partial charge in [-0.15, -0.1) is 24.0 Å². The molecule has 2 aromatic rings. The Hall–Kier alpha value is -1.64. The molecule has 0 unspecified atom stereocenters. The van der Waals surface area contributed by atoms with Crippen LogP contribution in [0.15, 0.2) is 41.5 Å². The monoisotopic (exact) mass is 401 g/mol. The fourth-order valence-electron chi connectivity index (χ4n) is 2.02. The molecule has 0 bridgehead atoms. The number of aromatic nitrogens is 2. The molecule has 1 aliphatic heterocycles. The van der Waals surface area contributed by atoms with Gasteiger partial charge in [0.05, 0.1) is 17.9 Å². The van der Waals surface area contributed by atoms with Crippen LogP contribution in [0.1, 0.15) is 12.1 Å². The van der Waals surface area contributed by atoms with E-state index < -0.39 is 0 Å². The zero-order valence-electron chi connectivity index (χ0n) is 11.4. The number of hydrogen-bond donors (Lipinski definition) is 2. The Labute approximate surface area is 139 Å². The van der Waals surface area contributed by atoms with Crippen molar-refractivity contribution in [2.24, 2.45) is 4.99 Å². The van der Waals surface area contributed by atoms with E-state index in [9.17, 15) is 4.39 Å². The first-order valence-corrected chi connectivity index (χ1v) is 6.64. The van der Waals surface area contributed by atoms with E-state index in [2.05, 4.69) is 20.7 Å². The molecular weight excluding hydrogens is 384 g/mol. The zero-order chi connectivity index (χ0) is 13.8. The molecule has 0 radical (unpaired) electrons. The summed E-state index contributed by atoms with van der Waals surface area (Å²) in [5.74, 6) is 0.580. The summed E-state index contributed by atoms with van der Waals surface area (Å²) in [6.07, 6.45) is 2.94. The van der Waals surface area contributed by atoms with Gasteiger partial charge in [0.25, 0.3) is 0 Å². The SMILES string of the molecule is Fc1ccc(-n2ccc(CNC3=NCCCN3)n2)cc1.I. The molecule has 0 saturated carbocycles. The predicted molar refractivity (Wildman–Crippen MR) is 90.7 cm³/mol. The first-order chi connectivity index (χ1) is 9.81. The fourth-order valence-corrected chi connectivity index (χ4v) is 2.02. The van der Waals surface area contributed by atoms with Gasteiger partial charge in [0.2, 0.25) is 0 Å². The topological polar surface area (TPSA) is 54.2 Å². The maximum Gasteiger partial charge on any atom is 0.191 e. The Morgan fingerprint density at radius 1 is 1.24 bits per heavy atom. The van der Waals surface area contributed by atoms with Gasteiger partial charge < -0.3 is 10.6 Å². The number of hydrogen-bond acceptors (Lipinski definition) is 4. The van der Waals surface area contributed by atoms with Gasteiger partial charge in [-0.25, -0.2) is 9.07 Å². The first kappa shape index (κ1) is 15.7. The van der Waals surface area contributed by atoms with E-state index in [0.29, 0.717) is 6.54 Å². The quantitative estimate of drug-likeness (QED) is 0.775. The molecule has 0 aliphatic carbocycles. The number of halogens is 2. The third kappa shape index (κ3) is 4.16. The van der Waals surface area contributed by atoms with E-state index in [1.54, 1.807) is 16.8 Å². The molecule has 0 fully saturated rings. The Morgan fingerprint density at radius 2 is 2.05 bits per heavy atom. The molecule has 3 rings (SSSR count). The van der Waals surface area contributed by atoms with Crippen LogP contribution in [0.4, 0.5) is 4.39 Å². The first-order valence-electron chi connectivity index (χ1n) is 6.64. The molecule has 0 saturated heterocycles. The number of aliphatic imine (C=N–C) groups is 1. The normalized spacial score (nSPS) is 13.9. The largest absolute Gasteiger partial charge is 0.356 e. The molecule has 1 aliphatic rings. The highest BCUT2D eigenvalue weighted by Gasteiger charge is 2.05. The van der Waals surface area contributed by atoms with Gasteiger partial charge in [-0.2, -0.15) is 5.10 Å². The molecule has 21 heavy (non-hydrogen) atoms. The number of nitrogens with zero attached hydrogens (tertiary/aromatic N) is 3. The van der Waals surface area contributed by atoms with Gasteiger partial charge in [0.1, 0.15) is 5.82 Å². The van der Waals surface area contributed by atoms with Crippen LogP contribution in [-0.4, -0.2) is 28.8 Å². The van der Waals surface area contributed by atoms with Crippen molar-refractivity contribution in [1.29, 1.82) is 0 Å². The minimum atomic E-state index is -0.246. The van der Waals surface area contributed by atoms with E-state index in [1.807, 2.05) is 12.3 Å². The van der Waals surface area contributed by atoms with Crippen molar-refractivity contribution < 1.29 is 4.39 Å². The Morgan fingerprint density at radius 3 is 2.76 bits per heavy atom. The lowest BCUT2D eigenvalue weighted by molar-refractivity contribution is 0.627. The van der Waals surface area contributed by atoms with E-state index in [0.717, 1.165) is 36.9 Å². The van der Waals surface area contributed by atoms with Gasteiger partial charge >= 0.3 is 0 Å². The van der Waals surface area contributed by atoms with Crippen molar-refractivity contribution in [3.63, 3.8) is 0 Å². The molecule has 2 heterocycles. The number of guanidine groups is 1. The van der Waals surface area contributed by atoms with E-state index in [4.69, 9.17) is 0 Å². The molecule has 2 N–H and O–H groups in total. The van der Waals surface area contributed by atoms with Gasteiger partial charge in [-0.3, -0.25) is 4.99 Å². The third-order valence-electron chi connectivity index (χ3n) is 3.07. The van der Waals surface area contributed by atoms with Crippen molar-refractivity contribution >= 4 is 29.9 Å². The van der Waals surface area contributed by atoms with Crippen LogP contribution in [0.3, 0.4) is 0 Å². The van der Waals surface area contributed by atoms with Crippen LogP contribution in [-0.2, 0) is 6.54 Å². The maximum atomic E-state index is 12.9. The van der Waals surface area contributed by atoms with Gasteiger partial charge in [-0.05, 0) is 36.8 Å². The van der Waals surface area contributed by atoms with Crippen molar-refractivity contribution in [3.05, 3.63) is 48.0 Å². The lowest BCUT2D eigenvalue weighted by Crippen LogP contribution is -2.40. The fraction of sp³-hybridized carbons (Fsp3) is 0.286. The molecule has 0 amide bonds. The lowest BCUT2D eigenvalue weighted by atomic mass is 10.3. The second-order valence-corrected chi connectivity index (χ2v) is 4.59. The average Bonchev–Trinajstić information content (AvgIpc) is 2.96. The summed E-state index contributed by atoms with van der Waals surface area (Å²) in [5.41, 5.74) is 1.75. The van der Waals surface area contributed by atoms with Gasteiger partial charge in [-0.1, -0.05) is 0 Å². The molecule has 1 aromatic carbocycles. The summed E-state index contributed by atoms with van der Waals surface area (Å²) >= 11 is 0. The molecule has 5 nitrogen and oxygen atoms in total. The van der Waals surface area contributed by atoms with Crippen molar-refractivity contribution in [2.45, 2.75) is 13.0 Å².